The Morgan fingerprint density at radius 3 is 2.50 bits per heavy atom. The first-order chi connectivity index (χ1) is 7.44. The van der Waals surface area contributed by atoms with Gasteiger partial charge in [0.05, 0.1) is 0 Å². The van der Waals surface area contributed by atoms with Gasteiger partial charge in [0.25, 0.3) is 0 Å². The predicted octanol–water partition coefficient (Wildman–Crippen LogP) is 1.93. The van der Waals surface area contributed by atoms with Crippen molar-refractivity contribution in [2.75, 3.05) is 6.54 Å². The van der Waals surface area contributed by atoms with Crippen LogP contribution in [0.1, 0.15) is 45.8 Å². The summed E-state index contributed by atoms with van der Waals surface area (Å²) >= 11 is 0. The van der Waals surface area contributed by atoms with Gasteiger partial charge >= 0.3 is 0 Å². The summed E-state index contributed by atoms with van der Waals surface area (Å²) in [6, 6.07) is 0. The van der Waals surface area contributed by atoms with Crippen molar-refractivity contribution in [1.29, 1.82) is 0 Å². The molecular formula is C12H24N4. The molecule has 0 saturated carbocycles. The number of aryl methyl sites for hydroxylation is 1. The summed E-state index contributed by atoms with van der Waals surface area (Å²) in [6.07, 6.45) is 2.07. The molecule has 0 amide bonds. The van der Waals surface area contributed by atoms with Crippen LogP contribution in [0.15, 0.2) is 0 Å². The van der Waals surface area contributed by atoms with Crippen molar-refractivity contribution in [3.05, 3.63) is 11.6 Å². The molecule has 0 radical (unpaired) electrons. The third-order valence-corrected chi connectivity index (χ3v) is 2.46. The van der Waals surface area contributed by atoms with E-state index in [1.54, 1.807) is 0 Å². The summed E-state index contributed by atoms with van der Waals surface area (Å²) in [5.74, 6) is 2.11. The van der Waals surface area contributed by atoms with Gasteiger partial charge in [-0.1, -0.05) is 6.92 Å². The summed E-state index contributed by atoms with van der Waals surface area (Å²) in [5.41, 5.74) is 0.171. The molecule has 1 rings (SSSR count). The average molecular weight is 224 g/mol. The van der Waals surface area contributed by atoms with Crippen LogP contribution in [0.25, 0.3) is 0 Å². The second-order valence-corrected chi connectivity index (χ2v) is 5.24. The Balaban J connectivity index is 2.53. The number of hydrogen-bond donors (Lipinski definition) is 1. The monoisotopic (exact) mass is 224 g/mol. The van der Waals surface area contributed by atoms with Crippen molar-refractivity contribution in [2.45, 2.75) is 59.5 Å². The van der Waals surface area contributed by atoms with E-state index in [1.165, 1.54) is 0 Å². The lowest BCUT2D eigenvalue weighted by atomic mass is 10.1. The maximum atomic E-state index is 4.23. The van der Waals surface area contributed by atoms with Gasteiger partial charge in [-0.25, -0.2) is 0 Å². The van der Waals surface area contributed by atoms with Gasteiger partial charge in [-0.2, -0.15) is 0 Å². The van der Waals surface area contributed by atoms with E-state index < -0.39 is 0 Å². The molecule has 4 heteroatoms. The molecule has 0 aliphatic rings. The SMILES string of the molecule is CCCn1c(C)nnc1CCNC(C)(C)C. The zero-order valence-electron chi connectivity index (χ0n) is 11.2. The molecule has 0 saturated heterocycles. The Kier molecular flexibility index (Phi) is 4.47. The molecule has 1 heterocycles. The molecule has 1 aromatic heterocycles. The van der Waals surface area contributed by atoms with Crippen molar-refractivity contribution < 1.29 is 0 Å². The van der Waals surface area contributed by atoms with Crippen LogP contribution in [-0.4, -0.2) is 26.8 Å². The minimum Gasteiger partial charge on any atom is -0.315 e. The highest BCUT2D eigenvalue weighted by molar-refractivity contribution is 4.94. The van der Waals surface area contributed by atoms with Gasteiger partial charge in [0.1, 0.15) is 11.6 Å². The van der Waals surface area contributed by atoms with Crippen LogP contribution in [0.5, 0.6) is 0 Å². The van der Waals surface area contributed by atoms with Crippen LogP contribution in [0.2, 0.25) is 0 Å². The molecule has 1 N–H and O–H groups in total. The van der Waals surface area contributed by atoms with E-state index in [9.17, 15) is 0 Å². The van der Waals surface area contributed by atoms with Gasteiger partial charge in [-0.3, -0.25) is 0 Å². The van der Waals surface area contributed by atoms with Gasteiger partial charge in [-0.15, -0.1) is 10.2 Å². The minimum atomic E-state index is 0.171. The van der Waals surface area contributed by atoms with E-state index in [0.717, 1.165) is 37.6 Å². The molecule has 0 atom stereocenters. The summed E-state index contributed by atoms with van der Waals surface area (Å²) in [4.78, 5) is 0. The molecule has 0 unspecified atom stereocenters. The first kappa shape index (κ1) is 13.2. The van der Waals surface area contributed by atoms with Crippen LogP contribution in [-0.2, 0) is 13.0 Å². The lowest BCUT2D eigenvalue weighted by Crippen LogP contribution is -2.37. The van der Waals surface area contributed by atoms with Crippen LogP contribution < -0.4 is 5.32 Å². The molecule has 1 aromatic rings. The molecule has 0 aliphatic carbocycles. The van der Waals surface area contributed by atoms with Crippen LogP contribution >= 0.6 is 0 Å². The van der Waals surface area contributed by atoms with Gasteiger partial charge in [0, 0.05) is 25.0 Å². The number of aromatic nitrogens is 3. The molecule has 0 fully saturated rings. The van der Waals surface area contributed by atoms with Crippen LogP contribution in [0.3, 0.4) is 0 Å². The Hall–Kier alpha value is -0.900. The van der Waals surface area contributed by atoms with Gasteiger partial charge in [0.15, 0.2) is 0 Å². The molecule has 92 valence electrons. The second kappa shape index (κ2) is 5.43. The number of nitrogens with zero attached hydrogens (tertiary/aromatic N) is 3. The van der Waals surface area contributed by atoms with E-state index in [1.807, 2.05) is 6.92 Å². The van der Waals surface area contributed by atoms with Gasteiger partial charge in [0.2, 0.25) is 0 Å². The van der Waals surface area contributed by atoms with Crippen molar-refractivity contribution in [2.24, 2.45) is 0 Å². The Morgan fingerprint density at radius 1 is 1.25 bits per heavy atom. The van der Waals surface area contributed by atoms with Crippen LogP contribution in [0.4, 0.5) is 0 Å². The van der Waals surface area contributed by atoms with Crippen molar-refractivity contribution in [1.82, 2.24) is 20.1 Å². The topological polar surface area (TPSA) is 42.7 Å². The Bertz CT molecular complexity index is 322. The normalized spacial score (nSPS) is 12.1. The quantitative estimate of drug-likeness (QED) is 0.831. The smallest absolute Gasteiger partial charge is 0.134 e. The zero-order chi connectivity index (χ0) is 12.2. The van der Waals surface area contributed by atoms with Crippen molar-refractivity contribution in [3.63, 3.8) is 0 Å². The molecule has 0 aliphatic heterocycles. The molecule has 0 bridgehead atoms. The van der Waals surface area contributed by atoms with E-state index in [0.29, 0.717) is 0 Å². The predicted molar refractivity (Wildman–Crippen MR) is 66.5 cm³/mol. The summed E-state index contributed by atoms with van der Waals surface area (Å²) in [6.45, 7) is 12.7. The fourth-order valence-corrected chi connectivity index (χ4v) is 1.67. The molecule has 0 spiro atoms. The van der Waals surface area contributed by atoms with E-state index in [2.05, 4.69) is 47.8 Å². The average Bonchev–Trinajstić information content (AvgIpc) is 2.48. The fourth-order valence-electron chi connectivity index (χ4n) is 1.67. The lowest BCUT2D eigenvalue weighted by Gasteiger charge is -2.20. The minimum absolute atomic E-state index is 0.171. The van der Waals surface area contributed by atoms with Crippen molar-refractivity contribution in [3.8, 4) is 0 Å². The second-order valence-electron chi connectivity index (χ2n) is 5.24. The van der Waals surface area contributed by atoms with E-state index >= 15 is 0 Å². The molecular weight excluding hydrogens is 200 g/mol. The standard InChI is InChI=1S/C12H24N4/c1-6-9-16-10(2)14-15-11(16)7-8-13-12(3,4)5/h13H,6-9H2,1-5H3. The molecule has 0 aromatic carbocycles. The zero-order valence-corrected chi connectivity index (χ0v) is 11.2. The lowest BCUT2D eigenvalue weighted by molar-refractivity contribution is 0.424. The summed E-state index contributed by atoms with van der Waals surface area (Å²) in [5, 5.41) is 11.8. The van der Waals surface area contributed by atoms with Crippen LogP contribution in [0, 0.1) is 6.92 Å². The summed E-state index contributed by atoms with van der Waals surface area (Å²) in [7, 11) is 0. The highest BCUT2D eigenvalue weighted by Gasteiger charge is 2.11. The maximum Gasteiger partial charge on any atom is 0.134 e. The Morgan fingerprint density at radius 2 is 1.94 bits per heavy atom. The van der Waals surface area contributed by atoms with Crippen molar-refractivity contribution >= 4 is 0 Å². The number of hydrogen-bond acceptors (Lipinski definition) is 3. The van der Waals surface area contributed by atoms with Gasteiger partial charge < -0.3 is 9.88 Å². The highest BCUT2D eigenvalue weighted by atomic mass is 15.3. The third-order valence-electron chi connectivity index (χ3n) is 2.46. The first-order valence-corrected chi connectivity index (χ1v) is 6.07. The number of rotatable bonds is 5. The molecule has 16 heavy (non-hydrogen) atoms. The van der Waals surface area contributed by atoms with E-state index in [4.69, 9.17) is 0 Å². The third kappa shape index (κ3) is 3.93. The first-order valence-electron chi connectivity index (χ1n) is 6.07. The highest BCUT2D eigenvalue weighted by Crippen LogP contribution is 2.04. The Labute approximate surface area is 98.5 Å². The fraction of sp³-hybridized carbons (Fsp3) is 0.833. The van der Waals surface area contributed by atoms with E-state index in [-0.39, 0.29) is 5.54 Å². The van der Waals surface area contributed by atoms with Gasteiger partial charge in [-0.05, 0) is 34.1 Å². The summed E-state index contributed by atoms with van der Waals surface area (Å²) < 4.78 is 2.21. The number of nitrogens with one attached hydrogen (secondary N) is 1. The maximum absolute atomic E-state index is 4.23. The largest absolute Gasteiger partial charge is 0.315 e. The molecule has 4 nitrogen and oxygen atoms in total.